The monoisotopic (exact) mass is 182 g/mol. The molecule has 0 saturated carbocycles. The molecule has 0 aliphatic heterocycles. The number of hydrogen-bond acceptors (Lipinski definition) is 2. The highest BCUT2D eigenvalue weighted by Crippen LogP contribution is 2.04. The molecule has 0 aliphatic carbocycles. The predicted molar refractivity (Wildman–Crippen MR) is 50.5 cm³/mol. The van der Waals surface area contributed by atoms with Crippen molar-refractivity contribution in [3.8, 4) is 0 Å². The summed E-state index contributed by atoms with van der Waals surface area (Å²) in [5, 5.41) is 1.17. The van der Waals surface area contributed by atoms with Gasteiger partial charge in [-0.3, -0.25) is 0 Å². The maximum atomic E-state index is 10.2. The topological polar surface area (TPSA) is 34.1 Å². The van der Waals surface area contributed by atoms with Crippen LogP contribution in [0.2, 0.25) is 0 Å². The lowest BCUT2D eigenvalue weighted by Crippen LogP contribution is -1.73. The molecule has 0 aromatic heterocycles. The SMILES string of the molecule is Cc1ccc(C=C[SH](=O)=O)cc1. The highest BCUT2D eigenvalue weighted by atomic mass is 32.2. The molecule has 64 valence electrons. The summed E-state index contributed by atoms with van der Waals surface area (Å²) in [4.78, 5) is 0. The molecule has 1 aromatic rings. The van der Waals surface area contributed by atoms with Gasteiger partial charge in [-0.15, -0.1) is 0 Å². The standard InChI is InChI=1S/C9H10O2S/c1-8-2-4-9(5-3-8)6-7-12(10)11/h2-7,12H,1H3. The summed E-state index contributed by atoms with van der Waals surface area (Å²) in [6, 6.07) is 7.64. The van der Waals surface area contributed by atoms with Crippen LogP contribution >= 0.6 is 0 Å². The van der Waals surface area contributed by atoms with Crippen LogP contribution in [0.25, 0.3) is 6.08 Å². The second-order valence-electron chi connectivity index (χ2n) is 2.51. The molecule has 0 N–H and O–H groups in total. The molecular weight excluding hydrogens is 172 g/mol. The number of benzene rings is 1. The van der Waals surface area contributed by atoms with Crippen molar-refractivity contribution in [3.63, 3.8) is 0 Å². The molecule has 0 fully saturated rings. The number of thiol groups is 1. The van der Waals surface area contributed by atoms with Crippen LogP contribution in [0.15, 0.2) is 29.7 Å². The van der Waals surface area contributed by atoms with Gasteiger partial charge in [0.25, 0.3) is 0 Å². The maximum absolute atomic E-state index is 10.2. The van der Waals surface area contributed by atoms with Crippen LogP contribution in [0, 0.1) is 6.92 Å². The fourth-order valence-electron chi connectivity index (χ4n) is 0.824. The molecule has 1 rings (SSSR count). The van der Waals surface area contributed by atoms with E-state index in [0.29, 0.717) is 0 Å². The summed E-state index contributed by atoms with van der Waals surface area (Å²) < 4.78 is 20.4. The molecule has 12 heavy (non-hydrogen) atoms. The summed E-state index contributed by atoms with van der Waals surface area (Å²) >= 11 is 0. The predicted octanol–water partition coefficient (Wildman–Crippen LogP) is 1.58. The van der Waals surface area contributed by atoms with E-state index in [0.717, 1.165) is 5.56 Å². The van der Waals surface area contributed by atoms with Crippen molar-refractivity contribution in [2.45, 2.75) is 6.92 Å². The van der Waals surface area contributed by atoms with Crippen LogP contribution in [-0.4, -0.2) is 8.42 Å². The number of hydrogen-bond donors (Lipinski definition) is 1. The van der Waals surface area contributed by atoms with Gasteiger partial charge >= 0.3 is 0 Å². The lowest BCUT2D eigenvalue weighted by atomic mass is 10.2. The Bertz CT molecular complexity index is 339. The van der Waals surface area contributed by atoms with Crippen LogP contribution in [0.5, 0.6) is 0 Å². The Balaban J connectivity index is 2.84. The molecule has 0 bridgehead atoms. The minimum absolute atomic E-state index is 0.903. The van der Waals surface area contributed by atoms with Gasteiger partial charge in [-0.05, 0) is 18.6 Å². The van der Waals surface area contributed by atoms with Gasteiger partial charge in [-0.1, -0.05) is 29.8 Å². The Kier molecular flexibility index (Phi) is 3.05. The second-order valence-corrected chi connectivity index (χ2v) is 3.38. The summed E-state index contributed by atoms with van der Waals surface area (Å²) in [5.41, 5.74) is 2.07. The van der Waals surface area contributed by atoms with Crippen molar-refractivity contribution in [2.24, 2.45) is 0 Å². The van der Waals surface area contributed by atoms with Crippen LogP contribution in [0.1, 0.15) is 11.1 Å². The fourth-order valence-corrected chi connectivity index (χ4v) is 1.12. The molecule has 0 heterocycles. The van der Waals surface area contributed by atoms with Gasteiger partial charge in [0.15, 0.2) is 10.7 Å². The zero-order valence-electron chi connectivity index (χ0n) is 6.73. The first-order chi connectivity index (χ1) is 5.68. The molecule has 0 saturated heterocycles. The highest BCUT2D eigenvalue weighted by Gasteiger charge is 1.85. The largest absolute Gasteiger partial charge is 0.227 e. The third-order valence-electron chi connectivity index (χ3n) is 1.47. The smallest absolute Gasteiger partial charge is 0.161 e. The first-order valence-electron chi connectivity index (χ1n) is 3.57. The molecule has 3 heteroatoms. The third kappa shape index (κ3) is 2.88. The minimum Gasteiger partial charge on any atom is -0.227 e. The van der Waals surface area contributed by atoms with E-state index in [9.17, 15) is 8.42 Å². The zero-order chi connectivity index (χ0) is 8.97. The minimum atomic E-state index is -2.41. The van der Waals surface area contributed by atoms with Crippen LogP contribution in [0.4, 0.5) is 0 Å². The molecule has 1 aromatic carbocycles. The molecule has 0 atom stereocenters. The first kappa shape index (κ1) is 9.00. The molecular formula is C9H10O2S. The van der Waals surface area contributed by atoms with E-state index in [1.165, 1.54) is 11.0 Å². The van der Waals surface area contributed by atoms with E-state index in [4.69, 9.17) is 0 Å². The third-order valence-corrected chi connectivity index (χ3v) is 1.86. The van der Waals surface area contributed by atoms with Gasteiger partial charge in [-0.25, -0.2) is 8.42 Å². The molecule has 0 spiro atoms. The van der Waals surface area contributed by atoms with Gasteiger partial charge < -0.3 is 0 Å². The van der Waals surface area contributed by atoms with Crippen molar-refractivity contribution in [3.05, 3.63) is 40.8 Å². The second kappa shape index (κ2) is 4.07. The maximum Gasteiger partial charge on any atom is 0.161 e. The normalized spacial score (nSPS) is 11.2. The van der Waals surface area contributed by atoms with Crippen molar-refractivity contribution in [2.75, 3.05) is 0 Å². The lowest BCUT2D eigenvalue weighted by Gasteiger charge is -1.92. The van der Waals surface area contributed by atoms with Crippen LogP contribution in [0.3, 0.4) is 0 Å². The quantitative estimate of drug-likeness (QED) is 0.704. The van der Waals surface area contributed by atoms with Crippen molar-refractivity contribution >= 4 is 16.8 Å². The molecule has 0 radical (unpaired) electrons. The Morgan fingerprint density at radius 2 is 1.75 bits per heavy atom. The molecule has 0 aliphatic rings. The average molecular weight is 182 g/mol. The van der Waals surface area contributed by atoms with E-state index in [1.54, 1.807) is 6.08 Å². The number of aryl methyl sites for hydroxylation is 1. The zero-order valence-corrected chi connectivity index (χ0v) is 7.62. The van der Waals surface area contributed by atoms with Crippen molar-refractivity contribution in [1.82, 2.24) is 0 Å². The van der Waals surface area contributed by atoms with Gasteiger partial charge in [0.05, 0.1) is 0 Å². The molecule has 2 nitrogen and oxygen atoms in total. The highest BCUT2D eigenvalue weighted by molar-refractivity contribution is 7.75. The van der Waals surface area contributed by atoms with Crippen LogP contribution < -0.4 is 0 Å². The Hall–Kier alpha value is -1.09. The Labute approximate surface area is 73.5 Å². The number of rotatable bonds is 2. The summed E-state index contributed by atoms with van der Waals surface area (Å²) in [7, 11) is -2.41. The van der Waals surface area contributed by atoms with E-state index in [2.05, 4.69) is 0 Å². The lowest BCUT2D eigenvalue weighted by molar-refractivity contribution is 0.622. The van der Waals surface area contributed by atoms with Gasteiger partial charge in [0.1, 0.15) is 0 Å². The molecule has 0 unspecified atom stereocenters. The first-order valence-corrected chi connectivity index (χ1v) is 4.81. The van der Waals surface area contributed by atoms with Gasteiger partial charge in [0, 0.05) is 5.41 Å². The van der Waals surface area contributed by atoms with E-state index in [-0.39, 0.29) is 0 Å². The Morgan fingerprint density at radius 1 is 1.17 bits per heavy atom. The van der Waals surface area contributed by atoms with Gasteiger partial charge in [-0.2, -0.15) is 0 Å². The van der Waals surface area contributed by atoms with E-state index >= 15 is 0 Å². The van der Waals surface area contributed by atoms with E-state index < -0.39 is 10.7 Å². The van der Waals surface area contributed by atoms with E-state index in [1.807, 2.05) is 31.2 Å². The molecule has 0 amide bonds. The van der Waals surface area contributed by atoms with Gasteiger partial charge in [0.2, 0.25) is 0 Å². The summed E-state index contributed by atoms with van der Waals surface area (Å²) in [5.74, 6) is 0. The summed E-state index contributed by atoms with van der Waals surface area (Å²) in [6.07, 6.45) is 1.57. The summed E-state index contributed by atoms with van der Waals surface area (Å²) in [6.45, 7) is 1.99. The van der Waals surface area contributed by atoms with Crippen LogP contribution in [-0.2, 0) is 10.7 Å². The fraction of sp³-hybridized carbons (Fsp3) is 0.111. The van der Waals surface area contributed by atoms with Crippen molar-refractivity contribution < 1.29 is 8.42 Å². The van der Waals surface area contributed by atoms with Crippen molar-refractivity contribution in [1.29, 1.82) is 0 Å². The Morgan fingerprint density at radius 3 is 2.25 bits per heavy atom. The average Bonchev–Trinajstić information content (AvgIpc) is 2.03.